The molecule has 5 nitrogen and oxygen atoms in total. The van der Waals surface area contributed by atoms with Gasteiger partial charge < -0.3 is 15.0 Å². The molecule has 1 fully saturated rings. The van der Waals surface area contributed by atoms with Crippen LogP contribution in [0.5, 0.6) is 5.75 Å². The summed E-state index contributed by atoms with van der Waals surface area (Å²) in [5, 5.41) is 4.67. The molecule has 0 spiro atoms. The summed E-state index contributed by atoms with van der Waals surface area (Å²) in [5.74, 6) is 1.36. The van der Waals surface area contributed by atoms with Crippen LogP contribution in [0.25, 0.3) is 0 Å². The van der Waals surface area contributed by atoms with E-state index in [-0.39, 0.29) is 5.91 Å². The topological polar surface area (TPSA) is 54.5 Å². The summed E-state index contributed by atoms with van der Waals surface area (Å²) in [4.78, 5) is 19.9. The molecule has 1 unspecified atom stereocenters. The molecule has 3 rings (SSSR count). The van der Waals surface area contributed by atoms with Crippen molar-refractivity contribution < 1.29 is 9.53 Å². The highest BCUT2D eigenvalue weighted by Gasteiger charge is 2.28. The summed E-state index contributed by atoms with van der Waals surface area (Å²) in [7, 11) is 1.95. The summed E-state index contributed by atoms with van der Waals surface area (Å²) in [6.07, 6.45) is 1.05. The summed E-state index contributed by atoms with van der Waals surface area (Å²) in [5.41, 5.74) is 0.779. The number of halogens is 1. The molecule has 1 aromatic heterocycles. The van der Waals surface area contributed by atoms with Crippen LogP contribution in [0.3, 0.4) is 0 Å². The molecule has 0 saturated carbocycles. The zero-order valence-corrected chi connectivity index (χ0v) is 16.0. The van der Waals surface area contributed by atoms with Gasteiger partial charge in [0.1, 0.15) is 22.2 Å². The van der Waals surface area contributed by atoms with Gasteiger partial charge in [-0.25, -0.2) is 4.98 Å². The number of carbonyl (C=O) groups excluding carboxylic acids is 1. The molecule has 25 heavy (non-hydrogen) atoms. The largest absolute Gasteiger partial charge is 0.486 e. The molecule has 1 saturated heterocycles. The Morgan fingerprint density at radius 2 is 2.20 bits per heavy atom. The number of hydrogen-bond acceptors (Lipinski definition) is 5. The zero-order chi connectivity index (χ0) is 17.8. The van der Waals surface area contributed by atoms with Crippen molar-refractivity contribution in [3.63, 3.8) is 0 Å². The van der Waals surface area contributed by atoms with E-state index in [0.29, 0.717) is 17.5 Å². The van der Waals surface area contributed by atoms with E-state index < -0.39 is 0 Å². The third kappa shape index (κ3) is 4.51. The first-order valence-corrected chi connectivity index (χ1v) is 9.55. The molecular weight excluding hydrogens is 358 g/mol. The van der Waals surface area contributed by atoms with Gasteiger partial charge in [0.15, 0.2) is 0 Å². The molecule has 1 aromatic carbocycles. The van der Waals surface area contributed by atoms with Gasteiger partial charge in [0, 0.05) is 18.1 Å². The highest BCUT2D eigenvalue weighted by molar-refractivity contribution is 7.13. The number of rotatable bonds is 6. The maximum atomic E-state index is 12.8. The Morgan fingerprint density at radius 1 is 1.44 bits per heavy atom. The second-order valence-corrected chi connectivity index (χ2v) is 7.75. The van der Waals surface area contributed by atoms with E-state index in [2.05, 4.69) is 10.3 Å². The number of aryl methyl sites for hydroxylation is 1. The van der Waals surface area contributed by atoms with Crippen molar-refractivity contribution in [2.75, 3.05) is 26.7 Å². The summed E-state index contributed by atoms with van der Waals surface area (Å²) in [6.45, 7) is 4.82. The Kier molecular flexibility index (Phi) is 5.93. The Bertz CT molecular complexity index is 732. The highest BCUT2D eigenvalue weighted by Crippen LogP contribution is 2.25. The molecule has 7 heteroatoms. The number of likely N-dealkylation sites (tertiary alicyclic amines) is 1. The first-order valence-electron chi connectivity index (χ1n) is 8.35. The minimum Gasteiger partial charge on any atom is -0.486 e. The normalized spacial score (nSPS) is 17.1. The fourth-order valence-electron chi connectivity index (χ4n) is 3.00. The number of nitrogens with zero attached hydrogens (tertiary/aromatic N) is 2. The fourth-order valence-corrected chi connectivity index (χ4v) is 4.08. The smallest absolute Gasteiger partial charge is 0.265 e. The molecule has 2 aromatic rings. The van der Waals surface area contributed by atoms with Crippen molar-refractivity contribution >= 4 is 28.8 Å². The van der Waals surface area contributed by atoms with E-state index >= 15 is 0 Å². The maximum absolute atomic E-state index is 12.8. The number of carbonyl (C=O) groups is 1. The third-order valence-electron chi connectivity index (χ3n) is 4.28. The minimum absolute atomic E-state index is 0.0892. The fraction of sp³-hybridized carbons (Fsp3) is 0.444. The lowest BCUT2D eigenvalue weighted by atomic mass is 10.1. The highest BCUT2D eigenvalue weighted by atomic mass is 35.5. The Balaban J connectivity index is 1.62. The summed E-state index contributed by atoms with van der Waals surface area (Å²) >= 11 is 7.29. The number of thiazole rings is 1. The van der Waals surface area contributed by atoms with Gasteiger partial charge in [0.05, 0.1) is 5.69 Å². The quantitative estimate of drug-likeness (QED) is 0.836. The molecule has 134 valence electrons. The minimum atomic E-state index is 0.0892. The van der Waals surface area contributed by atoms with Gasteiger partial charge in [-0.2, -0.15) is 0 Å². The van der Waals surface area contributed by atoms with Crippen molar-refractivity contribution in [3.8, 4) is 5.75 Å². The van der Waals surface area contributed by atoms with Crippen LogP contribution in [0.15, 0.2) is 24.3 Å². The van der Waals surface area contributed by atoms with Gasteiger partial charge in [0.2, 0.25) is 0 Å². The van der Waals surface area contributed by atoms with Gasteiger partial charge in [-0.1, -0.05) is 11.6 Å². The molecule has 0 bridgehead atoms. The SMILES string of the molecule is CNCC1CCN(C(=O)c2sc(COc3ccc(Cl)cc3)nc2C)C1. The number of nitrogens with one attached hydrogen (secondary N) is 1. The van der Waals surface area contributed by atoms with Crippen LogP contribution in [0, 0.1) is 12.8 Å². The Morgan fingerprint density at radius 3 is 2.92 bits per heavy atom. The second-order valence-electron chi connectivity index (χ2n) is 6.23. The van der Waals surface area contributed by atoms with Crippen LogP contribution in [0.4, 0.5) is 0 Å². The summed E-state index contributed by atoms with van der Waals surface area (Å²) in [6, 6.07) is 7.21. The van der Waals surface area contributed by atoms with Crippen LogP contribution in [-0.4, -0.2) is 42.5 Å². The Hall–Kier alpha value is -1.63. The number of amides is 1. The average Bonchev–Trinajstić information content (AvgIpc) is 3.21. The van der Waals surface area contributed by atoms with E-state index in [1.165, 1.54) is 11.3 Å². The monoisotopic (exact) mass is 379 g/mol. The molecule has 0 aliphatic carbocycles. The van der Waals surface area contributed by atoms with Crippen LogP contribution >= 0.6 is 22.9 Å². The predicted molar refractivity (Wildman–Crippen MR) is 101 cm³/mol. The van der Waals surface area contributed by atoms with Crippen molar-refractivity contribution in [1.29, 1.82) is 0 Å². The Labute approximate surface area is 157 Å². The van der Waals surface area contributed by atoms with Gasteiger partial charge in [-0.3, -0.25) is 4.79 Å². The lowest BCUT2D eigenvalue weighted by Crippen LogP contribution is -2.30. The molecule has 1 atom stereocenters. The lowest BCUT2D eigenvalue weighted by molar-refractivity contribution is 0.0791. The maximum Gasteiger partial charge on any atom is 0.265 e. The van der Waals surface area contributed by atoms with E-state index in [1.807, 2.05) is 31.0 Å². The van der Waals surface area contributed by atoms with Crippen molar-refractivity contribution in [2.24, 2.45) is 5.92 Å². The molecule has 1 amide bonds. The summed E-state index contributed by atoms with van der Waals surface area (Å²) < 4.78 is 5.73. The van der Waals surface area contributed by atoms with Crippen LogP contribution in [0.2, 0.25) is 5.02 Å². The van der Waals surface area contributed by atoms with Gasteiger partial charge in [-0.15, -0.1) is 11.3 Å². The van der Waals surface area contributed by atoms with Gasteiger partial charge in [-0.05, 0) is 57.1 Å². The molecular formula is C18H22ClN3O2S. The standard InChI is InChI=1S/C18H22ClN3O2S/c1-12-17(18(23)22-8-7-13(10-22)9-20-2)25-16(21-12)11-24-15-5-3-14(19)4-6-15/h3-6,13,20H,7-11H2,1-2H3. The molecule has 2 heterocycles. The van der Waals surface area contributed by atoms with Crippen molar-refractivity contribution in [2.45, 2.75) is 20.0 Å². The van der Waals surface area contributed by atoms with Crippen LogP contribution in [0.1, 0.15) is 26.8 Å². The lowest BCUT2D eigenvalue weighted by Gasteiger charge is -2.15. The first-order chi connectivity index (χ1) is 12.1. The second kappa shape index (κ2) is 8.17. The van der Waals surface area contributed by atoms with E-state index in [1.54, 1.807) is 12.1 Å². The predicted octanol–water partition coefficient (Wildman–Crippen LogP) is 3.37. The van der Waals surface area contributed by atoms with E-state index in [4.69, 9.17) is 16.3 Å². The molecule has 1 aliphatic rings. The average molecular weight is 380 g/mol. The molecule has 1 aliphatic heterocycles. The van der Waals surface area contributed by atoms with Gasteiger partial charge in [0.25, 0.3) is 5.91 Å². The van der Waals surface area contributed by atoms with Crippen molar-refractivity contribution in [1.82, 2.24) is 15.2 Å². The van der Waals surface area contributed by atoms with Crippen molar-refractivity contribution in [3.05, 3.63) is 44.9 Å². The first kappa shape index (κ1) is 18.2. The molecule has 1 N–H and O–H groups in total. The van der Waals surface area contributed by atoms with E-state index in [0.717, 1.165) is 47.4 Å². The molecule has 0 radical (unpaired) electrons. The van der Waals surface area contributed by atoms with Gasteiger partial charge >= 0.3 is 0 Å². The zero-order valence-electron chi connectivity index (χ0n) is 14.4. The van der Waals surface area contributed by atoms with Crippen LogP contribution < -0.4 is 10.1 Å². The number of hydrogen-bond donors (Lipinski definition) is 1. The third-order valence-corrected chi connectivity index (χ3v) is 5.65. The number of benzene rings is 1. The van der Waals surface area contributed by atoms with E-state index in [9.17, 15) is 4.79 Å². The number of ether oxygens (including phenoxy) is 1. The van der Waals surface area contributed by atoms with Crippen LogP contribution in [-0.2, 0) is 6.61 Å². The number of aromatic nitrogens is 1.